The van der Waals surface area contributed by atoms with Crippen LogP contribution in [0.3, 0.4) is 0 Å². The van der Waals surface area contributed by atoms with Crippen molar-refractivity contribution >= 4 is 29.9 Å². The summed E-state index contributed by atoms with van der Waals surface area (Å²) in [4.78, 5) is 4.79. The Hall–Kier alpha value is -0.790. The smallest absolute Gasteiger partial charge is 0.191 e. The van der Waals surface area contributed by atoms with Gasteiger partial charge in [-0.05, 0) is 52.4 Å². The molecule has 1 aliphatic carbocycles. The van der Waals surface area contributed by atoms with Gasteiger partial charge in [0.25, 0.3) is 0 Å². The molecule has 1 heterocycles. The van der Waals surface area contributed by atoms with Crippen molar-refractivity contribution in [1.82, 2.24) is 15.8 Å². The van der Waals surface area contributed by atoms with Crippen LogP contribution in [0.2, 0.25) is 0 Å². The summed E-state index contributed by atoms with van der Waals surface area (Å²) in [5, 5.41) is 11.0. The van der Waals surface area contributed by atoms with Crippen LogP contribution in [0.5, 0.6) is 0 Å². The molecule has 1 aromatic rings. The molecule has 6 heteroatoms. The quantitative estimate of drug-likeness (QED) is 0.404. The molecule has 1 unspecified atom stereocenters. The zero-order chi connectivity index (χ0) is 16.8. The Morgan fingerprint density at radius 3 is 2.50 bits per heavy atom. The number of halogens is 1. The molecule has 2 N–H and O–H groups in total. The van der Waals surface area contributed by atoms with Crippen LogP contribution >= 0.6 is 24.0 Å². The standard InChI is InChI=1S/C18H32N4O.HI/c1-6-19-18(21-16-9-7-12(2)8-10-16)20-11-13(3)17-14(4)22-23-15(17)5;/h12-13,16H,6-11H2,1-5H3,(H2,19,20,21);1H. The topological polar surface area (TPSA) is 62.5 Å². The number of aryl methyl sites for hydroxylation is 2. The van der Waals surface area contributed by atoms with Crippen molar-refractivity contribution < 1.29 is 4.52 Å². The molecule has 5 nitrogen and oxygen atoms in total. The summed E-state index contributed by atoms with van der Waals surface area (Å²) in [6, 6.07) is 0.554. The Morgan fingerprint density at radius 2 is 1.96 bits per heavy atom. The van der Waals surface area contributed by atoms with Gasteiger partial charge in [0.15, 0.2) is 5.96 Å². The van der Waals surface area contributed by atoms with Gasteiger partial charge in [0.2, 0.25) is 0 Å². The van der Waals surface area contributed by atoms with E-state index in [0.29, 0.717) is 12.0 Å². The first-order valence-corrected chi connectivity index (χ1v) is 8.98. The SMILES string of the molecule is CCNC(=NCC(C)c1c(C)noc1C)NC1CCC(C)CC1.I. The van der Waals surface area contributed by atoms with E-state index in [9.17, 15) is 0 Å². The van der Waals surface area contributed by atoms with Crippen LogP contribution in [-0.4, -0.2) is 30.2 Å². The highest BCUT2D eigenvalue weighted by molar-refractivity contribution is 14.0. The predicted molar refractivity (Wildman–Crippen MR) is 110 cm³/mol. The number of aromatic nitrogens is 1. The highest BCUT2D eigenvalue weighted by atomic mass is 127. The molecule has 0 aromatic carbocycles. The third kappa shape index (κ3) is 5.93. The van der Waals surface area contributed by atoms with Gasteiger partial charge in [-0.25, -0.2) is 0 Å². The van der Waals surface area contributed by atoms with E-state index in [4.69, 9.17) is 9.52 Å². The van der Waals surface area contributed by atoms with Gasteiger partial charge in [0, 0.05) is 30.6 Å². The van der Waals surface area contributed by atoms with Gasteiger partial charge in [-0.1, -0.05) is 19.0 Å². The predicted octanol–water partition coefficient (Wildman–Crippen LogP) is 4.15. The lowest BCUT2D eigenvalue weighted by Crippen LogP contribution is -2.44. The molecule has 0 aliphatic heterocycles. The van der Waals surface area contributed by atoms with Gasteiger partial charge >= 0.3 is 0 Å². The third-order valence-corrected chi connectivity index (χ3v) is 4.81. The Kier molecular flexibility index (Phi) is 9.08. The molecule has 0 spiro atoms. The fourth-order valence-electron chi connectivity index (χ4n) is 3.43. The Morgan fingerprint density at radius 1 is 1.29 bits per heavy atom. The molecular formula is C18H33IN4O. The molecule has 0 saturated heterocycles. The summed E-state index contributed by atoms with van der Waals surface area (Å²) in [6.45, 7) is 12.2. The van der Waals surface area contributed by atoms with E-state index < -0.39 is 0 Å². The van der Waals surface area contributed by atoms with E-state index in [1.807, 2.05) is 13.8 Å². The summed E-state index contributed by atoms with van der Waals surface area (Å²) < 4.78 is 5.27. The van der Waals surface area contributed by atoms with Gasteiger partial charge in [0.05, 0.1) is 5.69 Å². The maximum Gasteiger partial charge on any atom is 0.191 e. The molecule has 1 aliphatic rings. The van der Waals surface area contributed by atoms with E-state index in [1.165, 1.54) is 31.2 Å². The highest BCUT2D eigenvalue weighted by Gasteiger charge is 2.20. The molecule has 138 valence electrons. The zero-order valence-corrected chi connectivity index (χ0v) is 18.0. The van der Waals surface area contributed by atoms with E-state index in [-0.39, 0.29) is 24.0 Å². The number of nitrogens with one attached hydrogen (secondary N) is 2. The Labute approximate surface area is 163 Å². The number of rotatable bonds is 5. The minimum absolute atomic E-state index is 0. The fraction of sp³-hybridized carbons (Fsp3) is 0.778. The van der Waals surface area contributed by atoms with Crippen molar-refractivity contribution in [3.8, 4) is 0 Å². The van der Waals surface area contributed by atoms with Crippen molar-refractivity contribution in [3.63, 3.8) is 0 Å². The van der Waals surface area contributed by atoms with Crippen LogP contribution in [0.4, 0.5) is 0 Å². The molecule has 0 bridgehead atoms. The van der Waals surface area contributed by atoms with Crippen molar-refractivity contribution in [3.05, 3.63) is 17.0 Å². The molecule has 0 amide bonds. The first kappa shape index (κ1) is 21.3. The molecule has 2 rings (SSSR count). The second-order valence-electron chi connectivity index (χ2n) is 6.96. The molecule has 1 aromatic heterocycles. The summed E-state index contributed by atoms with van der Waals surface area (Å²) >= 11 is 0. The van der Waals surface area contributed by atoms with Crippen LogP contribution in [0.1, 0.15) is 69.4 Å². The summed E-state index contributed by atoms with van der Waals surface area (Å²) in [7, 11) is 0. The molecule has 24 heavy (non-hydrogen) atoms. The van der Waals surface area contributed by atoms with E-state index >= 15 is 0 Å². The minimum atomic E-state index is 0. The van der Waals surface area contributed by atoms with Gasteiger partial charge in [0.1, 0.15) is 5.76 Å². The first-order chi connectivity index (χ1) is 11.0. The lowest BCUT2D eigenvalue weighted by atomic mass is 9.87. The lowest BCUT2D eigenvalue weighted by molar-refractivity contribution is 0.329. The van der Waals surface area contributed by atoms with Crippen LogP contribution in [0, 0.1) is 19.8 Å². The summed E-state index contributed by atoms with van der Waals surface area (Å²) in [5.41, 5.74) is 2.17. The second kappa shape index (κ2) is 10.3. The monoisotopic (exact) mass is 448 g/mol. The third-order valence-electron chi connectivity index (χ3n) is 4.81. The largest absolute Gasteiger partial charge is 0.361 e. The first-order valence-electron chi connectivity index (χ1n) is 8.98. The minimum Gasteiger partial charge on any atom is -0.361 e. The fourth-order valence-corrected chi connectivity index (χ4v) is 3.43. The molecule has 1 atom stereocenters. The van der Waals surface area contributed by atoms with E-state index in [0.717, 1.165) is 36.4 Å². The van der Waals surface area contributed by atoms with Gasteiger partial charge < -0.3 is 15.2 Å². The molecular weight excluding hydrogens is 415 g/mol. The van der Waals surface area contributed by atoms with Crippen molar-refractivity contribution in [2.45, 2.75) is 72.3 Å². The van der Waals surface area contributed by atoms with Crippen molar-refractivity contribution in [2.24, 2.45) is 10.9 Å². The van der Waals surface area contributed by atoms with Gasteiger partial charge in [-0.2, -0.15) is 0 Å². The average molecular weight is 448 g/mol. The lowest BCUT2D eigenvalue weighted by Gasteiger charge is -2.28. The van der Waals surface area contributed by atoms with Crippen LogP contribution < -0.4 is 10.6 Å². The average Bonchev–Trinajstić information content (AvgIpc) is 2.86. The van der Waals surface area contributed by atoms with E-state index in [1.54, 1.807) is 0 Å². The van der Waals surface area contributed by atoms with Gasteiger partial charge in [-0.3, -0.25) is 4.99 Å². The second-order valence-corrected chi connectivity index (χ2v) is 6.96. The summed E-state index contributed by atoms with van der Waals surface area (Å²) in [5.74, 6) is 3.02. The highest BCUT2D eigenvalue weighted by Crippen LogP contribution is 2.24. The molecule has 1 fully saturated rings. The van der Waals surface area contributed by atoms with Crippen LogP contribution in [0.25, 0.3) is 0 Å². The summed E-state index contributed by atoms with van der Waals surface area (Å²) in [6.07, 6.45) is 5.11. The van der Waals surface area contributed by atoms with E-state index in [2.05, 4.69) is 36.6 Å². The van der Waals surface area contributed by atoms with Crippen molar-refractivity contribution in [2.75, 3.05) is 13.1 Å². The maximum atomic E-state index is 5.27. The zero-order valence-electron chi connectivity index (χ0n) is 15.7. The van der Waals surface area contributed by atoms with Gasteiger partial charge in [-0.15, -0.1) is 24.0 Å². The van der Waals surface area contributed by atoms with Crippen LogP contribution in [-0.2, 0) is 0 Å². The number of hydrogen-bond donors (Lipinski definition) is 2. The number of hydrogen-bond acceptors (Lipinski definition) is 3. The number of guanidine groups is 1. The normalized spacial score (nSPS) is 22.6. The van der Waals surface area contributed by atoms with Crippen LogP contribution in [0.15, 0.2) is 9.52 Å². The molecule has 1 saturated carbocycles. The maximum absolute atomic E-state index is 5.27. The Balaban J connectivity index is 0.00000288. The Bertz CT molecular complexity index is 502. The number of nitrogens with zero attached hydrogens (tertiary/aromatic N) is 2. The van der Waals surface area contributed by atoms with Crippen molar-refractivity contribution in [1.29, 1.82) is 0 Å². The molecule has 0 radical (unpaired) electrons. The number of aliphatic imine (C=N–C) groups is 1.